The number of carboxylic acids is 1. The lowest BCUT2D eigenvalue weighted by Crippen LogP contribution is -2.52. The Morgan fingerprint density at radius 2 is 2.00 bits per heavy atom. The maximum atomic E-state index is 12.9. The minimum Gasteiger partial charge on any atom is -0.480 e. The first-order chi connectivity index (χ1) is 9.34. The van der Waals surface area contributed by atoms with Gasteiger partial charge in [0.1, 0.15) is 11.4 Å². The number of aliphatic carboxylic acids is 1. The third-order valence-corrected chi connectivity index (χ3v) is 5.79. The average molecular weight is 301 g/mol. The molecule has 0 saturated carbocycles. The molecule has 0 amide bonds. The van der Waals surface area contributed by atoms with Gasteiger partial charge in [0.25, 0.3) is 0 Å². The molecule has 2 rings (SSSR count). The topological polar surface area (TPSA) is 74.7 Å². The third-order valence-electron chi connectivity index (χ3n) is 3.81. The van der Waals surface area contributed by atoms with Crippen molar-refractivity contribution in [2.24, 2.45) is 0 Å². The van der Waals surface area contributed by atoms with Crippen LogP contribution in [0.25, 0.3) is 0 Å². The summed E-state index contributed by atoms with van der Waals surface area (Å²) < 4.78 is 39.1. The highest BCUT2D eigenvalue weighted by Crippen LogP contribution is 2.37. The quantitative estimate of drug-likeness (QED) is 0.921. The summed E-state index contributed by atoms with van der Waals surface area (Å²) in [5.41, 5.74) is -1.40. The highest BCUT2D eigenvalue weighted by molar-refractivity contribution is 7.89. The largest absolute Gasteiger partial charge is 0.480 e. The van der Waals surface area contributed by atoms with Crippen LogP contribution in [0, 0.1) is 5.82 Å². The van der Waals surface area contributed by atoms with Gasteiger partial charge in [-0.05, 0) is 43.5 Å². The Labute approximate surface area is 117 Å². The van der Waals surface area contributed by atoms with Gasteiger partial charge in [0.2, 0.25) is 10.0 Å². The molecule has 5 nitrogen and oxygen atoms in total. The molecule has 20 heavy (non-hydrogen) atoms. The van der Waals surface area contributed by atoms with Crippen molar-refractivity contribution in [1.29, 1.82) is 0 Å². The molecule has 0 aliphatic carbocycles. The van der Waals surface area contributed by atoms with Gasteiger partial charge in [0, 0.05) is 6.54 Å². The molecule has 1 aliphatic rings. The average Bonchev–Trinajstić information content (AvgIpc) is 2.85. The Balaban J connectivity index is 2.48. The zero-order valence-electron chi connectivity index (χ0n) is 11.0. The lowest BCUT2D eigenvalue weighted by atomic mass is 9.95. The molecule has 0 spiro atoms. The Hall–Kier alpha value is -1.47. The number of hydrogen-bond donors (Lipinski definition) is 1. The van der Waals surface area contributed by atoms with Crippen molar-refractivity contribution >= 4 is 16.0 Å². The van der Waals surface area contributed by atoms with E-state index in [4.69, 9.17) is 0 Å². The molecule has 110 valence electrons. The third kappa shape index (κ3) is 2.20. The zero-order valence-corrected chi connectivity index (χ0v) is 11.9. The van der Waals surface area contributed by atoms with Gasteiger partial charge in [-0.15, -0.1) is 0 Å². The molecule has 1 saturated heterocycles. The number of carbonyl (C=O) groups is 1. The van der Waals surface area contributed by atoms with Crippen LogP contribution in [0.1, 0.15) is 26.2 Å². The van der Waals surface area contributed by atoms with Gasteiger partial charge in [-0.2, -0.15) is 4.31 Å². The van der Waals surface area contributed by atoms with E-state index < -0.39 is 27.3 Å². The maximum absolute atomic E-state index is 12.9. The predicted octanol–water partition coefficient (Wildman–Crippen LogP) is 1.84. The van der Waals surface area contributed by atoms with E-state index in [1.165, 1.54) is 0 Å². The molecule has 0 aromatic heterocycles. The van der Waals surface area contributed by atoms with Crippen LogP contribution >= 0.6 is 0 Å². The van der Waals surface area contributed by atoms with Crippen molar-refractivity contribution in [3.63, 3.8) is 0 Å². The summed E-state index contributed by atoms with van der Waals surface area (Å²) in [6, 6.07) is 4.42. The van der Waals surface area contributed by atoms with Crippen LogP contribution < -0.4 is 0 Å². The van der Waals surface area contributed by atoms with E-state index in [-0.39, 0.29) is 17.9 Å². The van der Waals surface area contributed by atoms with Crippen molar-refractivity contribution in [3.05, 3.63) is 30.1 Å². The Morgan fingerprint density at radius 1 is 1.40 bits per heavy atom. The number of halogens is 1. The Morgan fingerprint density at radius 3 is 2.50 bits per heavy atom. The SMILES string of the molecule is CCC1(C(=O)O)CCCN1S(=O)(=O)c1ccc(F)cc1. The molecular formula is C13H16FNO4S. The predicted molar refractivity (Wildman–Crippen MR) is 70.2 cm³/mol. The van der Waals surface area contributed by atoms with Crippen LogP contribution in [0.4, 0.5) is 4.39 Å². The lowest BCUT2D eigenvalue weighted by molar-refractivity contribution is -0.147. The fraction of sp³-hybridized carbons (Fsp3) is 0.462. The van der Waals surface area contributed by atoms with E-state index in [1.54, 1.807) is 6.92 Å². The summed E-state index contributed by atoms with van der Waals surface area (Å²) in [7, 11) is -3.93. The molecular weight excluding hydrogens is 285 g/mol. The molecule has 1 aromatic rings. The second-order valence-corrected chi connectivity index (χ2v) is 6.69. The molecule has 1 aromatic carbocycles. The van der Waals surface area contributed by atoms with Gasteiger partial charge in [0.05, 0.1) is 4.90 Å². The number of nitrogens with zero attached hydrogens (tertiary/aromatic N) is 1. The first-order valence-corrected chi connectivity index (χ1v) is 7.80. The molecule has 1 N–H and O–H groups in total. The van der Waals surface area contributed by atoms with Crippen LogP contribution in [0.15, 0.2) is 29.2 Å². The Bertz CT molecular complexity index is 614. The standard InChI is InChI=1S/C13H16FNO4S/c1-2-13(12(16)17)8-3-9-15(13)20(18,19)11-6-4-10(14)5-7-11/h4-7H,2-3,8-9H2,1H3,(H,16,17). The minimum absolute atomic E-state index is 0.0834. The highest BCUT2D eigenvalue weighted by atomic mass is 32.2. The normalized spacial score (nSPS) is 23.9. The van der Waals surface area contributed by atoms with Gasteiger partial charge in [0.15, 0.2) is 0 Å². The van der Waals surface area contributed by atoms with Crippen molar-refractivity contribution in [2.45, 2.75) is 36.6 Å². The summed E-state index contributed by atoms with van der Waals surface area (Å²) in [5.74, 6) is -1.67. The van der Waals surface area contributed by atoms with E-state index in [2.05, 4.69) is 0 Å². The number of hydrogen-bond acceptors (Lipinski definition) is 3. The maximum Gasteiger partial charge on any atom is 0.325 e. The fourth-order valence-electron chi connectivity index (χ4n) is 2.66. The first-order valence-electron chi connectivity index (χ1n) is 6.36. The number of benzene rings is 1. The van der Waals surface area contributed by atoms with Crippen molar-refractivity contribution in [3.8, 4) is 0 Å². The second kappa shape index (κ2) is 5.14. The molecule has 0 radical (unpaired) electrons. The van der Waals surface area contributed by atoms with Crippen molar-refractivity contribution in [1.82, 2.24) is 4.31 Å². The van der Waals surface area contributed by atoms with Crippen LogP contribution in [0.2, 0.25) is 0 Å². The van der Waals surface area contributed by atoms with E-state index >= 15 is 0 Å². The summed E-state index contributed by atoms with van der Waals surface area (Å²) >= 11 is 0. The molecule has 1 aliphatic heterocycles. The highest BCUT2D eigenvalue weighted by Gasteiger charge is 2.51. The second-order valence-electron chi connectivity index (χ2n) is 4.82. The molecule has 0 bridgehead atoms. The molecule has 1 unspecified atom stereocenters. The molecule has 1 heterocycles. The van der Waals surface area contributed by atoms with Crippen LogP contribution in [0.5, 0.6) is 0 Å². The summed E-state index contributed by atoms with van der Waals surface area (Å²) in [5, 5.41) is 9.42. The monoisotopic (exact) mass is 301 g/mol. The molecule has 1 fully saturated rings. The van der Waals surface area contributed by atoms with Gasteiger partial charge >= 0.3 is 5.97 Å². The Kier molecular flexibility index (Phi) is 3.84. The van der Waals surface area contributed by atoms with Crippen molar-refractivity contribution in [2.75, 3.05) is 6.54 Å². The van der Waals surface area contributed by atoms with Crippen molar-refractivity contribution < 1.29 is 22.7 Å². The zero-order chi connectivity index (χ0) is 15.0. The van der Waals surface area contributed by atoms with E-state index in [0.29, 0.717) is 12.8 Å². The molecule has 7 heteroatoms. The lowest BCUT2D eigenvalue weighted by Gasteiger charge is -2.32. The van der Waals surface area contributed by atoms with Gasteiger partial charge in [-0.25, -0.2) is 12.8 Å². The van der Waals surface area contributed by atoms with Gasteiger partial charge in [-0.3, -0.25) is 4.79 Å². The van der Waals surface area contributed by atoms with E-state index in [0.717, 1.165) is 28.6 Å². The van der Waals surface area contributed by atoms with Gasteiger partial charge in [-0.1, -0.05) is 6.92 Å². The molecule has 1 atom stereocenters. The van der Waals surface area contributed by atoms with Crippen LogP contribution in [0.3, 0.4) is 0 Å². The van der Waals surface area contributed by atoms with E-state index in [9.17, 15) is 22.7 Å². The fourth-order valence-corrected chi connectivity index (χ4v) is 4.52. The van der Waals surface area contributed by atoms with Crippen LogP contribution in [-0.2, 0) is 14.8 Å². The smallest absolute Gasteiger partial charge is 0.325 e. The first kappa shape index (κ1) is 14.9. The summed E-state index contributed by atoms with van der Waals surface area (Å²) in [6.45, 7) is 1.83. The summed E-state index contributed by atoms with van der Waals surface area (Å²) in [6.07, 6.45) is 0.989. The van der Waals surface area contributed by atoms with Gasteiger partial charge < -0.3 is 5.11 Å². The minimum atomic E-state index is -3.93. The summed E-state index contributed by atoms with van der Waals surface area (Å²) in [4.78, 5) is 11.4. The number of rotatable bonds is 4. The number of carboxylic acid groups (broad SMARTS) is 1. The number of sulfonamides is 1. The van der Waals surface area contributed by atoms with E-state index in [1.807, 2.05) is 0 Å². The van der Waals surface area contributed by atoms with Crippen LogP contribution in [-0.4, -0.2) is 35.9 Å².